The average Bonchev–Trinajstić information content (AvgIpc) is 2.49. The number of rotatable bonds is 9. The van der Waals surface area contributed by atoms with Crippen molar-refractivity contribution in [1.82, 2.24) is 0 Å². The first-order valence-electron chi connectivity index (χ1n) is 6.82. The van der Waals surface area contributed by atoms with Crippen molar-refractivity contribution in [2.24, 2.45) is 5.73 Å². The first-order valence-corrected chi connectivity index (χ1v) is 6.82. The quantitative estimate of drug-likeness (QED) is 0.552. The van der Waals surface area contributed by atoms with Crippen molar-refractivity contribution in [1.29, 1.82) is 0 Å². The Labute approximate surface area is 122 Å². The Kier molecular flexibility index (Phi) is 6.21. The van der Waals surface area contributed by atoms with Crippen LogP contribution in [0.2, 0.25) is 0 Å². The van der Waals surface area contributed by atoms with E-state index in [9.17, 15) is 4.79 Å². The van der Waals surface area contributed by atoms with E-state index in [4.69, 9.17) is 24.4 Å². The summed E-state index contributed by atoms with van der Waals surface area (Å²) in [6, 6.07) is 8.47. The van der Waals surface area contributed by atoms with Crippen LogP contribution >= 0.6 is 0 Å². The highest BCUT2D eigenvalue weighted by atomic mass is 16.5. The maximum Gasteiger partial charge on any atom is 0.336 e. The second-order valence-corrected chi connectivity index (χ2v) is 4.32. The minimum atomic E-state index is -0.375. The molecule has 0 bridgehead atoms. The Morgan fingerprint density at radius 3 is 2.48 bits per heavy atom. The third-order valence-electron chi connectivity index (χ3n) is 2.73. The molecule has 0 aliphatic rings. The van der Waals surface area contributed by atoms with Crippen LogP contribution in [0.15, 0.2) is 39.5 Å². The number of hydrogen-bond donors (Lipinski definition) is 1. The lowest BCUT2D eigenvalue weighted by Gasteiger charge is -2.08. The van der Waals surface area contributed by atoms with Gasteiger partial charge in [-0.25, -0.2) is 4.79 Å². The molecule has 6 heteroatoms. The van der Waals surface area contributed by atoms with Gasteiger partial charge in [0, 0.05) is 24.1 Å². The molecule has 6 nitrogen and oxygen atoms in total. The molecule has 2 aromatic rings. The Balaban J connectivity index is 1.72. The number of benzene rings is 1. The lowest BCUT2D eigenvalue weighted by atomic mass is 10.2. The van der Waals surface area contributed by atoms with Gasteiger partial charge in [-0.1, -0.05) is 0 Å². The number of hydrogen-bond acceptors (Lipinski definition) is 6. The highest BCUT2D eigenvalue weighted by Gasteiger charge is 2.00. The van der Waals surface area contributed by atoms with Gasteiger partial charge in [-0.05, 0) is 18.2 Å². The van der Waals surface area contributed by atoms with E-state index in [0.717, 1.165) is 5.39 Å². The van der Waals surface area contributed by atoms with Crippen LogP contribution in [0.25, 0.3) is 11.0 Å². The monoisotopic (exact) mass is 293 g/mol. The Bertz CT molecular complexity index is 610. The van der Waals surface area contributed by atoms with Crippen LogP contribution in [-0.2, 0) is 9.47 Å². The van der Waals surface area contributed by atoms with Crippen molar-refractivity contribution in [3.8, 4) is 5.75 Å². The molecular formula is C15H19NO5. The van der Waals surface area contributed by atoms with Gasteiger partial charge in [-0.3, -0.25) is 0 Å². The molecule has 0 unspecified atom stereocenters. The normalized spacial score (nSPS) is 10.9. The van der Waals surface area contributed by atoms with Gasteiger partial charge in [0.15, 0.2) is 0 Å². The van der Waals surface area contributed by atoms with Crippen molar-refractivity contribution >= 4 is 11.0 Å². The molecule has 0 aliphatic heterocycles. The molecule has 0 saturated carbocycles. The number of fused-ring (bicyclic) bond motifs is 1. The fourth-order valence-corrected chi connectivity index (χ4v) is 1.75. The highest BCUT2D eigenvalue weighted by molar-refractivity contribution is 5.77. The third-order valence-corrected chi connectivity index (χ3v) is 2.73. The van der Waals surface area contributed by atoms with E-state index in [1.54, 1.807) is 12.1 Å². The molecule has 1 heterocycles. The van der Waals surface area contributed by atoms with E-state index in [-0.39, 0.29) is 5.63 Å². The SMILES string of the molecule is NCCOCCOCCOc1ccc2ccc(=O)oc2c1. The zero-order chi connectivity index (χ0) is 14.9. The maximum atomic E-state index is 11.2. The molecule has 0 atom stereocenters. The summed E-state index contributed by atoms with van der Waals surface area (Å²) in [5, 5.41) is 0.857. The lowest BCUT2D eigenvalue weighted by Crippen LogP contribution is -2.14. The standard InChI is InChI=1S/C15H19NO5/c16-5-6-18-7-8-19-9-10-20-13-3-1-12-2-4-15(17)21-14(12)11-13/h1-4,11H,5-10,16H2. The zero-order valence-corrected chi connectivity index (χ0v) is 11.7. The van der Waals surface area contributed by atoms with Gasteiger partial charge in [0.05, 0.1) is 26.4 Å². The number of ether oxygens (including phenoxy) is 3. The molecular weight excluding hydrogens is 274 g/mol. The molecule has 0 spiro atoms. The van der Waals surface area contributed by atoms with Crippen molar-refractivity contribution in [3.05, 3.63) is 40.8 Å². The molecule has 0 fully saturated rings. The Hall–Kier alpha value is -1.89. The second kappa shape index (κ2) is 8.41. The summed E-state index contributed by atoms with van der Waals surface area (Å²) in [5.74, 6) is 0.639. The van der Waals surface area contributed by atoms with Gasteiger partial charge >= 0.3 is 5.63 Å². The van der Waals surface area contributed by atoms with Gasteiger partial charge in [0.25, 0.3) is 0 Å². The van der Waals surface area contributed by atoms with Crippen LogP contribution in [0.3, 0.4) is 0 Å². The topological polar surface area (TPSA) is 83.9 Å². The molecule has 0 amide bonds. The molecule has 1 aromatic carbocycles. The minimum Gasteiger partial charge on any atom is -0.491 e. The van der Waals surface area contributed by atoms with Crippen LogP contribution in [-0.4, -0.2) is 39.6 Å². The lowest BCUT2D eigenvalue weighted by molar-refractivity contribution is 0.0388. The van der Waals surface area contributed by atoms with Crippen molar-refractivity contribution in [2.45, 2.75) is 0 Å². The Morgan fingerprint density at radius 2 is 1.67 bits per heavy atom. The fourth-order valence-electron chi connectivity index (χ4n) is 1.75. The van der Waals surface area contributed by atoms with Gasteiger partial charge < -0.3 is 24.4 Å². The first kappa shape index (κ1) is 15.5. The molecule has 0 aliphatic carbocycles. The summed E-state index contributed by atoms with van der Waals surface area (Å²) < 4.78 is 21.1. The summed E-state index contributed by atoms with van der Waals surface area (Å²) in [6.45, 7) is 2.97. The predicted molar refractivity (Wildman–Crippen MR) is 78.7 cm³/mol. The van der Waals surface area contributed by atoms with E-state index in [1.165, 1.54) is 6.07 Å². The molecule has 21 heavy (non-hydrogen) atoms. The van der Waals surface area contributed by atoms with Crippen LogP contribution in [0.5, 0.6) is 5.75 Å². The second-order valence-electron chi connectivity index (χ2n) is 4.32. The largest absolute Gasteiger partial charge is 0.491 e. The van der Waals surface area contributed by atoms with Crippen LogP contribution in [0, 0.1) is 0 Å². The summed E-state index contributed by atoms with van der Waals surface area (Å²) in [5.41, 5.74) is 5.43. The number of nitrogens with two attached hydrogens (primary N) is 1. The average molecular weight is 293 g/mol. The van der Waals surface area contributed by atoms with E-state index in [0.29, 0.717) is 50.9 Å². The first-order chi connectivity index (χ1) is 10.3. The zero-order valence-electron chi connectivity index (χ0n) is 11.7. The predicted octanol–water partition coefficient (Wildman–Crippen LogP) is 1.16. The molecule has 0 radical (unpaired) electrons. The van der Waals surface area contributed by atoms with Crippen molar-refractivity contribution < 1.29 is 18.6 Å². The van der Waals surface area contributed by atoms with Crippen molar-refractivity contribution in [3.63, 3.8) is 0 Å². The van der Waals surface area contributed by atoms with Crippen LogP contribution in [0.4, 0.5) is 0 Å². The molecule has 0 saturated heterocycles. The van der Waals surface area contributed by atoms with Gasteiger partial charge in [-0.2, -0.15) is 0 Å². The van der Waals surface area contributed by atoms with Crippen LogP contribution < -0.4 is 16.1 Å². The highest BCUT2D eigenvalue weighted by Crippen LogP contribution is 2.19. The minimum absolute atomic E-state index is 0.375. The van der Waals surface area contributed by atoms with E-state index < -0.39 is 0 Å². The molecule has 2 rings (SSSR count). The van der Waals surface area contributed by atoms with Crippen molar-refractivity contribution in [2.75, 3.05) is 39.6 Å². The fraction of sp³-hybridized carbons (Fsp3) is 0.400. The summed E-state index contributed by atoms with van der Waals surface area (Å²) >= 11 is 0. The molecule has 1 aromatic heterocycles. The summed E-state index contributed by atoms with van der Waals surface area (Å²) in [6.07, 6.45) is 0. The Morgan fingerprint density at radius 1 is 0.952 bits per heavy atom. The smallest absolute Gasteiger partial charge is 0.336 e. The third kappa shape index (κ3) is 5.18. The van der Waals surface area contributed by atoms with Gasteiger partial charge in [0.2, 0.25) is 0 Å². The van der Waals surface area contributed by atoms with Gasteiger partial charge in [-0.15, -0.1) is 0 Å². The molecule has 114 valence electrons. The van der Waals surface area contributed by atoms with E-state index in [2.05, 4.69) is 0 Å². The summed E-state index contributed by atoms with van der Waals surface area (Å²) in [4.78, 5) is 11.2. The maximum absolute atomic E-state index is 11.2. The van der Waals surface area contributed by atoms with Gasteiger partial charge in [0.1, 0.15) is 17.9 Å². The van der Waals surface area contributed by atoms with Crippen LogP contribution in [0.1, 0.15) is 0 Å². The molecule has 2 N–H and O–H groups in total. The van der Waals surface area contributed by atoms with E-state index >= 15 is 0 Å². The van der Waals surface area contributed by atoms with E-state index in [1.807, 2.05) is 12.1 Å². The summed E-state index contributed by atoms with van der Waals surface area (Å²) in [7, 11) is 0.